The number of nitrogens with zero attached hydrogens (tertiary/aromatic N) is 3. The van der Waals surface area contributed by atoms with Gasteiger partial charge in [0.25, 0.3) is 0 Å². The van der Waals surface area contributed by atoms with E-state index in [1.165, 1.54) is 44.5 Å². The van der Waals surface area contributed by atoms with Gasteiger partial charge in [0.2, 0.25) is 11.7 Å². The topological polar surface area (TPSA) is 54.2 Å². The molecule has 130 valence electrons. The second-order valence-electron chi connectivity index (χ2n) is 6.67. The van der Waals surface area contributed by atoms with Crippen LogP contribution in [0.15, 0.2) is 28.8 Å². The minimum Gasteiger partial charge on any atom is -0.372 e. The highest BCUT2D eigenvalue weighted by atomic mass is 35.5. The minimum atomic E-state index is 0. The molecule has 4 rings (SSSR count). The molecule has 1 atom stereocenters. The van der Waals surface area contributed by atoms with Crippen molar-refractivity contribution in [3.8, 4) is 11.4 Å². The van der Waals surface area contributed by atoms with Crippen molar-refractivity contribution in [1.29, 1.82) is 0 Å². The lowest BCUT2D eigenvalue weighted by Crippen LogP contribution is -2.29. The normalized spacial score (nSPS) is 20.8. The summed E-state index contributed by atoms with van der Waals surface area (Å²) in [5.74, 6) is 2.09. The van der Waals surface area contributed by atoms with Gasteiger partial charge in [0.05, 0.1) is 0 Å². The number of piperidine rings is 1. The third-order valence-electron chi connectivity index (χ3n) is 4.94. The summed E-state index contributed by atoms with van der Waals surface area (Å²) >= 11 is 0. The summed E-state index contributed by atoms with van der Waals surface area (Å²) in [5, 5.41) is 7.52. The number of hydrogen-bond acceptors (Lipinski definition) is 5. The Morgan fingerprint density at radius 2 is 1.92 bits per heavy atom. The van der Waals surface area contributed by atoms with Crippen LogP contribution in [0.2, 0.25) is 0 Å². The Hall–Kier alpha value is -1.59. The highest BCUT2D eigenvalue weighted by Crippen LogP contribution is 2.24. The fraction of sp³-hybridized carbons (Fsp3) is 0.556. The predicted octanol–water partition coefficient (Wildman–Crippen LogP) is 3.30. The van der Waals surface area contributed by atoms with Crippen molar-refractivity contribution in [3.05, 3.63) is 30.2 Å². The van der Waals surface area contributed by atoms with Gasteiger partial charge in [-0.1, -0.05) is 5.16 Å². The van der Waals surface area contributed by atoms with E-state index in [4.69, 9.17) is 4.52 Å². The van der Waals surface area contributed by atoms with Gasteiger partial charge < -0.3 is 14.7 Å². The average Bonchev–Trinajstić information content (AvgIpc) is 3.28. The molecule has 0 bridgehead atoms. The van der Waals surface area contributed by atoms with Crippen LogP contribution >= 0.6 is 12.4 Å². The standard InChI is InChI=1S/C18H24N4O.ClH/c1-2-10-22(11-3-1)16-6-4-15(5-7-16)18-20-17(23-21-18)12-14-8-9-19-13-14;/h4-7,14,19H,1-3,8-13H2;1H. The van der Waals surface area contributed by atoms with Crippen LogP contribution in [0.4, 0.5) is 5.69 Å². The monoisotopic (exact) mass is 348 g/mol. The molecule has 0 spiro atoms. The van der Waals surface area contributed by atoms with Gasteiger partial charge in [-0.05, 0) is 69.0 Å². The fourth-order valence-corrected chi connectivity index (χ4v) is 3.56. The molecule has 1 aromatic heterocycles. The summed E-state index contributed by atoms with van der Waals surface area (Å²) < 4.78 is 5.43. The summed E-state index contributed by atoms with van der Waals surface area (Å²) in [7, 11) is 0. The number of halogens is 1. The van der Waals surface area contributed by atoms with Crippen LogP contribution < -0.4 is 10.2 Å². The van der Waals surface area contributed by atoms with E-state index in [2.05, 4.69) is 44.6 Å². The molecule has 0 amide bonds. The van der Waals surface area contributed by atoms with Crippen molar-refractivity contribution in [3.63, 3.8) is 0 Å². The lowest BCUT2D eigenvalue weighted by Gasteiger charge is -2.28. The van der Waals surface area contributed by atoms with E-state index < -0.39 is 0 Å². The number of anilines is 1. The zero-order valence-electron chi connectivity index (χ0n) is 13.9. The van der Waals surface area contributed by atoms with E-state index >= 15 is 0 Å². The SMILES string of the molecule is Cl.c1cc(N2CCCCC2)ccc1-c1noc(CC2CCNC2)n1. The molecule has 2 aliphatic heterocycles. The van der Waals surface area contributed by atoms with Crippen LogP contribution in [0.25, 0.3) is 11.4 Å². The zero-order valence-corrected chi connectivity index (χ0v) is 14.7. The van der Waals surface area contributed by atoms with Gasteiger partial charge in [0.1, 0.15) is 0 Å². The summed E-state index contributed by atoms with van der Waals surface area (Å²) in [5.41, 5.74) is 2.33. The maximum Gasteiger partial charge on any atom is 0.227 e. The smallest absolute Gasteiger partial charge is 0.227 e. The molecule has 0 radical (unpaired) electrons. The Bertz CT molecular complexity index is 631. The molecule has 1 aromatic carbocycles. The van der Waals surface area contributed by atoms with Crippen LogP contribution in [0.3, 0.4) is 0 Å². The highest BCUT2D eigenvalue weighted by Gasteiger charge is 2.19. The zero-order chi connectivity index (χ0) is 15.5. The predicted molar refractivity (Wildman–Crippen MR) is 97.7 cm³/mol. The molecule has 2 aliphatic rings. The van der Waals surface area contributed by atoms with Crippen molar-refractivity contribution >= 4 is 18.1 Å². The molecular weight excluding hydrogens is 324 g/mol. The van der Waals surface area contributed by atoms with E-state index in [-0.39, 0.29) is 12.4 Å². The van der Waals surface area contributed by atoms with Gasteiger partial charge in [-0.15, -0.1) is 12.4 Å². The Morgan fingerprint density at radius 1 is 1.12 bits per heavy atom. The molecule has 24 heavy (non-hydrogen) atoms. The first kappa shape index (κ1) is 17.2. The molecule has 2 aromatic rings. The van der Waals surface area contributed by atoms with Crippen LogP contribution in [0, 0.1) is 5.92 Å². The van der Waals surface area contributed by atoms with E-state index in [1.807, 2.05) is 0 Å². The van der Waals surface area contributed by atoms with Crippen molar-refractivity contribution in [2.45, 2.75) is 32.1 Å². The van der Waals surface area contributed by atoms with Crippen LogP contribution in [0.5, 0.6) is 0 Å². The second kappa shape index (κ2) is 7.99. The van der Waals surface area contributed by atoms with Gasteiger partial charge in [-0.2, -0.15) is 4.98 Å². The summed E-state index contributed by atoms with van der Waals surface area (Å²) in [4.78, 5) is 7.03. The lowest BCUT2D eigenvalue weighted by molar-refractivity contribution is 0.358. The Morgan fingerprint density at radius 3 is 2.62 bits per heavy atom. The molecule has 2 fully saturated rings. The molecule has 1 unspecified atom stereocenters. The number of rotatable bonds is 4. The van der Waals surface area contributed by atoms with Gasteiger partial charge in [0, 0.05) is 30.8 Å². The van der Waals surface area contributed by atoms with E-state index in [0.717, 1.165) is 31.0 Å². The Labute approximate surface area is 149 Å². The molecule has 0 aliphatic carbocycles. The summed E-state index contributed by atoms with van der Waals surface area (Å²) in [6, 6.07) is 8.57. The van der Waals surface area contributed by atoms with Gasteiger partial charge in [-0.3, -0.25) is 0 Å². The van der Waals surface area contributed by atoms with Crippen LogP contribution in [0.1, 0.15) is 31.6 Å². The maximum atomic E-state index is 5.43. The van der Waals surface area contributed by atoms with Crippen molar-refractivity contribution in [1.82, 2.24) is 15.5 Å². The molecule has 5 nitrogen and oxygen atoms in total. The van der Waals surface area contributed by atoms with Crippen molar-refractivity contribution in [2.24, 2.45) is 5.92 Å². The Balaban J connectivity index is 0.00000169. The second-order valence-corrected chi connectivity index (χ2v) is 6.67. The molecule has 6 heteroatoms. The van der Waals surface area contributed by atoms with Gasteiger partial charge >= 0.3 is 0 Å². The average molecular weight is 349 g/mol. The third kappa shape index (κ3) is 3.90. The van der Waals surface area contributed by atoms with E-state index in [9.17, 15) is 0 Å². The summed E-state index contributed by atoms with van der Waals surface area (Å²) in [6.07, 6.45) is 6.03. The fourth-order valence-electron chi connectivity index (χ4n) is 3.56. The number of benzene rings is 1. The molecule has 1 N–H and O–H groups in total. The van der Waals surface area contributed by atoms with Crippen molar-refractivity contribution < 1.29 is 4.52 Å². The minimum absolute atomic E-state index is 0. The molecule has 0 saturated carbocycles. The molecule has 3 heterocycles. The van der Waals surface area contributed by atoms with Crippen LogP contribution in [-0.2, 0) is 6.42 Å². The first-order valence-corrected chi connectivity index (χ1v) is 8.77. The first-order chi connectivity index (χ1) is 11.4. The van der Waals surface area contributed by atoms with Crippen molar-refractivity contribution in [2.75, 3.05) is 31.1 Å². The summed E-state index contributed by atoms with van der Waals surface area (Å²) in [6.45, 7) is 4.49. The largest absolute Gasteiger partial charge is 0.372 e. The van der Waals surface area contributed by atoms with E-state index in [1.54, 1.807) is 0 Å². The number of hydrogen-bond donors (Lipinski definition) is 1. The highest BCUT2D eigenvalue weighted by molar-refractivity contribution is 5.85. The Kier molecular flexibility index (Phi) is 5.74. The molecular formula is C18H25ClN4O. The quantitative estimate of drug-likeness (QED) is 0.918. The van der Waals surface area contributed by atoms with Crippen LogP contribution in [-0.4, -0.2) is 36.3 Å². The molecule has 2 saturated heterocycles. The lowest BCUT2D eigenvalue weighted by atomic mass is 10.1. The maximum absolute atomic E-state index is 5.43. The number of nitrogens with one attached hydrogen (secondary N) is 1. The number of aromatic nitrogens is 2. The van der Waals surface area contributed by atoms with E-state index in [0.29, 0.717) is 11.7 Å². The first-order valence-electron chi connectivity index (χ1n) is 8.77. The van der Waals surface area contributed by atoms with Gasteiger partial charge in [-0.25, -0.2) is 0 Å². The third-order valence-corrected chi connectivity index (χ3v) is 4.94. The van der Waals surface area contributed by atoms with Gasteiger partial charge in [0.15, 0.2) is 0 Å².